The average Bonchev–Trinajstić information content (AvgIpc) is 2.27. The van der Waals surface area contributed by atoms with E-state index in [1.165, 1.54) is 18.2 Å². The summed E-state index contributed by atoms with van der Waals surface area (Å²) in [4.78, 5) is 11.2. The summed E-state index contributed by atoms with van der Waals surface area (Å²) in [6.07, 6.45) is 0. The van der Waals surface area contributed by atoms with Gasteiger partial charge in [-0.15, -0.1) is 0 Å². The number of carbonyl (C=O) groups excluding carboxylic acids is 1. The van der Waals surface area contributed by atoms with Crippen molar-refractivity contribution in [2.75, 3.05) is 13.7 Å². The number of amides is 1. The SMILES string of the molecule is CNC(C)(COc1ccc(F)cc1C)C(N)=O. The van der Waals surface area contributed by atoms with Gasteiger partial charge in [0.15, 0.2) is 0 Å². The van der Waals surface area contributed by atoms with E-state index >= 15 is 0 Å². The molecule has 0 saturated heterocycles. The number of primary amides is 1. The molecule has 0 heterocycles. The van der Waals surface area contributed by atoms with Gasteiger partial charge in [0.25, 0.3) is 0 Å². The van der Waals surface area contributed by atoms with Crippen molar-refractivity contribution < 1.29 is 13.9 Å². The van der Waals surface area contributed by atoms with Gasteiger partial charge in [-0.25, -0.2) is 4.39 Å². The quantitative estimate of drug-likeness (QED) is 0.806. The Hall–Kier alpha value is -1.62. The van der Waals surface area contributed by atoms with Crippen LogP contribution < -0.4 is 15.8 Å². The number of nitrogens with two attached hydrogens (primary N) is 1. The van der Waals surface area contributed by atoms with Crippen molar-refractivity contribution >= 4 is 5.91 Å². The second kappa shape index (κ2) is 5.14. The van der Waals surface area contributed by atoms with Crippen molar-refractivity contribution in [3.05, 3.63) is 29.6 Å². The van der Waals surface area contributed by atoms with Gasteiger partial charge in [-0.3, -0.25) is 4.79 Å². The predicted molar refractivity (Wildman–Crippen MR) is 63.3 cm³/mol. The second-order valence-corrected chi connectivity index (χ2v) is 4.14. The number of rotatable bonds is 5. The molecule has 0 aliphatic carbocycles. The first-order valence-corrected chi connectivity index (χ1v) is 5.27. The highest BCUT2D eigenvalue weighted by atomic mass is 19.1. The van der Waals surface area contributed by atoms with Crippen LogP contribution >= 0.6 is 0 Å². The Bertz CT molecular complexity index is 423. The summed E-state index contributed by atoms with van der Waals surface area (Å²) in [7, 11) is 1.63. The molecular formula is C12H17FN2O2. The predicted octanol–water partition coefficient (Wildman–Crippen LogP) is 0.976. The third kappa shape index (κ3) is 3.17. The molecule has 0 fully saturated rings. The van der Waals surface area contributed by atoms with E-state index in [0.717, 1.165) is 0 Å². The van der Waals surface area contributed by atoms with E-state index in [1.807, 2.05) is 0 Å². The maximum absolute atomic E-state index is 12.9. The van der Waals surface area contributed by atoms with Crippen LogP contribution in [-0.4, -0.2) is 25.1 Å². The number of halogens is 1. The highest BCUT2D eigenvalue weighted by molar-refractivity contribution is 5.84. The fourth-order valence-corrected chi connectivity index (χ4v) is 1.26. The van der Waals surface area contributed by atoms with Gasteiger partial charge in [-0.05, 0) is 44.7 Å². The number of ether oxygens (including phenoxy) is 1. The zero-order valence-electron chi connectivity index (χ0n) is 10.2. The number of hydrogen-bond donors (Lipinski definition) is 2. The highest BCUT2D eigenvalue weighted by Crippen LogP contribution is 2.19. The molecule has 0 aromatic heterocycles. The molecule has 1 rings (SSSR count). The fourth-order valence-electron chi connectivity index (χ4n) is 1.26. The van der Waals surface area contributed by atoms with Gasteiger partial charge in [0.1, 0.15) is 23.7 Å². The van der Waals surface area contributed by atoms with Crippen LogP contribution in [0.1, 0.15) is 12.5 Å². The third-order valence-corrected chi connectivity index (χ3v) is 2.75. The van der Waals surface area contributed by atoms with Gasteiger partial charge in [-0.2, -0.15) is 0 Å². The van der Waals surface area contributed by atoms with Crippen LogP contribution in [0.3, 0.4) is 0 Å². The van der Waals surface area contributed by atoms with Gasteiger partial charge in [0, 0.05) is 0 Å². The fraction of sp³-hybridized carbons (Fsp3) is 0.417. The Morgan fingerprint density at radius 2 is 2.24 bits per heavy atom. The lowest BCUT2D eigenvalue weighted by Gasteiger charge is -2.25. The van der Waals surface area contributed by atoms with Crippen LogP contribution in [0.4, 0.5) is 4.39 Å². The molecule has 5 heteroatoms. The maximum Gasteiger partial charge on any atom is 0.240 e. The molecule has 17 heavy (non-hydrogen) atoms. The number of carbonyl (C=O) groups is 1. The standard InChI is InChI=1S/C12H17FN2O2/c1-8-6-9(13)4-5-10(8)17-7-12(2,15-3)11(14)16/h4-6,15H,7H2,1-3H3,(H2,14,16). The lowest BCUT2D eigenvalue weighted by Crippen LogP contribution is -2.55. The van der Waals surface area contributed by atoms with E-state index in [0.29, 0.717) is 11.3 Å². The zero-order chi connectivity index (χ0) is 13.1. The minimum Gasteiger partial charge on any atom is -0.491 e. The van der Waals surface area contributed by atoms with Crippen LogP contribution in [0.2, 0.25) is 0 Å². The van der Waals surface area contributed by atoms with Gasteiger partial charge in [-0.1, -0.05) is 0 Å². The Labute approximate surface area is 100.0 Å². The van der Waals surface area contributed by atoms with E-state index in [4.69, 9.17) is 10.5 Å². The van der Waals surface area contributed by atoms with Crippen LogP contribution in [0.25, 0.3) is 0 Å². The van der Waals surface area contributed by atoms with E-state index in [9.17, 15) is 9.18 Å². The molecule has 1 amide bonds. The summed E-state index contributed by atoms with van der Waals surface area (Å²) in [5, 5.41) is 2.81. The first kappa shape index (κ1) is 13.4. The molecule has 0 radical (unpaired) electrons. The van der Waals surface area contributed by atoms with Gasteiger partial charge in [0.2, 0.25) is 5.91 Å². The number of likely N-dealkylation sites (N-methyl/N-ethyl adjacent to an activating group) is 1. The van der Waals surface area contributed by atoms with E-state index in [2.05, 4.69) is 5.32 Å². The number of nitrogens with one attached hydrogen (secondary N) is 1. The van der Waals surface area contributed by atoms with Crippen molar-refractivity contribution in [1.82, 2.24) is 5.32 Å². The van der Waals surface area contributed by atoms with Gasteiger partial charge in [0.05, 0.1) is 0 Å². The molecule has 4 nitrogen and oxygen atoms in total. The third-order valence-electron chi connectivity index (χ3n) is 2.75. The van der Waals surface area contributed by atoms with Crippen LogP contribution in [0, 0.1) is 12.7 Å². The van der Waals surface area contributed by atoms with E-state index in [1.54, 1.807) is 20.9 Å². The smallest absolute Gasteiger partial charge is 0.240 e. The second-order valence-electron chi connectivity index (χ2n) is 4.14. The number of benzene rings is 1. The zero-order valence-corrected chi connectivity index (χ0v) is 10.2. The van der Waals surface area contributed by atoms with Gasteiger partial charge < -0.3 is 15.8 Å². The molecule has 0 bridgehead atoms. The van der Waals surface area contributed by atoms with Crippen molar-refractivity contribution in [3.8, 4) is 5.75 Å². The monoisotopic (exact) mass is 240 g/mol. The summed E-state index contributed by atoms with van der Waals surface area (Å²) in [5.74, 6) is -0.282. The molecule has 0 spiro atoms. The van der Waals surface area contributed by atoms with Crippen LogP contribution in [-0.2, 0) is 4.79 Å². The summed E-state index contributed by atoms with van der Waals surface area (Å²) in [6.45, 7) is 3.47. The minimum absolute atomic E-state index is 0.0886. The normalized spacial score (nSPS) is 14.1. The molecule has 0 aliphatic heterocycles. The molecule has 1 aromatic carbocycles. The molecule has 1 unspecified atom stereocenters. The summed E-state index contributed by atoms with van der Waals surface area (Å²) < 4.78 is 18.4. The Kier molecular flexibility index (Phi) is 4.07. The highest BCUT2D eigenvalue weighted by Gasteiger charge is 2.30. The molecule has 0 aliphatic rings. The van der Waals surface area contributed by atoms with Crippen molar-refractivity contribution in [2.45, 2.75) is 19.4 Å². The van der Waals surface area contributed by atoms with Gasteiger partial charge >= 0.3 is 0 Å². The summed E-state index contributed by atoms with van der Waals surface area (Å²) >= 11 is 0. The maximum atomic E-state index is 12.9. The molecule has 94 valence electrons. The first-order valence-electron chi connectivity index (χ1n) is 5.27. The molecule has 0 saturated carbocycles. The van der Waals surface area contributed by atoms with Crippen molar-refractivity contribution in [1.29, 1.82) is 0 Å². The summed E-state index contributed by atoms with van der Waals surface area (Å²) in [5.41, 5.74) is 5.00. The van der Waals surface area contributed by atoms with E-state index in [-0.39, 0.29) is 12.4 Å². The molecule has 1 atom stereocenters. The topological polar surface area (TPSA) is 64.3 Å². The average molecular weight is 240 g/mol. The number of aryl methyl sites for hydroxylation is 1. The van der Waals surface area contributed by atoms with Crippen LogP contribution in [0.15, 0.2) is 18.2 Å². The van der Waals surface area contributed by atoms with E-state index < -0.39 is 11.4 Å². The molecule has 3 N–H and O–H groups in total. The number of hydrogen-bond acceptors (Lipinski definition) is 3. The summed E-state index contributed by atoms with van der Waals surface area (Å²) in [6, 6.07) is 4.21. The first-order chi connectivity index (χ1) is 7.89. The van der Waals surface area contributed by atoms with Crippen LogP contribution in [0.5, 0.6) is 5.75 Å². The Morgan fingerprint density at radius 3 is 2.71 bits per heavy atom. The Balaban J connectivity index is 2.76. The largest absolute Gasteiger partial charge is 0.491 e. The lowest BCUT2D eigenvalue weighted by atomic mass is 10.0. The van der Waals surface area contributed by atoms with Crippen molar-refractivity contribution in [2.24, 2.45) is 5.73 Å². The minimum atomic E-state index is -0.944. The lowest BCUT2D eigenvalue weighted by molar-refractivity contribution is -0.124. The Morgan fingerprint density at radius 1 is 1.59 bits per heavy atom. The molecule has 1 aromatic rings. The molecular weight excluding hydrogens is 223 g/mol. The van der Waals surface area contributed by atoms with Crippen molar-refractivity contribution in [3.63, 3.8) is 0 Å².